The third-order valence-corrected chi connectivity index (χ3v) is 5.24. The Morgan fingerprint density at radius 3 is 1.61 bits per heavy atom. The lowest BCUT2D eigenvalue weighted by molar-refractivity contribution is -0.143. The third kappa shape index (κ3) is 3.89. The van der Waals surface area contributed by atoms with Crippen LogP contribution in [0.1, 0.15) is 34.2 Å². The predicted molar refractivity (Wildman–Crippen MR) is 102 cm³/mol. The van der Waals surface area contributed by atoms with Gasteiger partial charge < -0.3 is 4.90 Å². The van der Waals surface area contributed by atoms with Gasteiger partial charge in [-0.3, -0.25) is 4.79 Å². The van der Waals surface area contributed by atoms with E-state index in [-0.39, 0.29) is 11.6 Å². The second-order valence-electron chi connectivity index (χ2n) is 7.22. The Morgan fingerprint density at radius 1 is 0.645 bits per heavy atom. The molecule has 2 atom stereocenters. The maximum Gasteiger partial charge on any atom is 0.416 e. The number of β-lactam (4-membered cyclic amide) rings is 1. The molecule has 8 heteroatoms. The molecule has 0 spiro atoms. The summed E-state index contributed by atoms with van der Waals surface area (Å²) in [5.74, 6) is -1.74. The molecular formula is C23H15F6NO. The smallest absolute Gasteiger partial charge is 0.303 e. The Labute approximate surface area is 173 Å². The van der Waals surface area contributed by atoms with Crippen molar-refractivity contribution in [3.8, 4) is 0 Å². The van der Waals surface area contributed by atoms with Crippen LogP contribution in [0.3, 0.4) is 0 Å². The number of anilines is 1. The number of alkyl halides is 6. The van der Waals surface area contributed by atoms with Crippen LogP contribution >= 0.6 is 0 Å². The number of halogens is 6. The summed E-state index contributed by atoms with van der Waals surface area (Å²) < 4.78 is 79.9. The standard InChI is InChI=1S/C23H15F6NO/c24-22(25,26)16-11-15(12-17(13-16)23(27,28)29)19-20(14-7-3-1-4-8-14)30(21(19)31)18-9-5-2-6-10-18/h1-13,19-20H/t19-,20-/m1/s1. The van der Waals surface area contributed by atoms with Crippen LogP contribution < -0.4 is 4.90 Å². The van der Waals surface area contributed by atoms with Gasteiger partial charge in [-0.25, -0.2) is 0 Å². The predicted octanol–water partition coefficient (Wildman–Crippen LogP) is 6.60. The quantitative estimate of drug-likeness (QED) is 0.336. The lowest BCUT2D eigenvalue weighted by Gasteiger charge is -2.48. The molecule has 1 amide bonds. The van der Waals surface area contributed by atoms with Crippen molar-refractivity contribution in [1.29, 1.82) is 0 Å². The van der Waals surface area contributed by atoms with Crippen LogP contribution in [0.5, 0.6) is 0 Å². The highest BCUT2D eigenvalue weighted by molar-refractivity contribution is 6.06. The van der Waals surface area contributed by atoms with Crippen LogP contribution in [0.2, 0.25) is 0 Å². The van der Waals surface area contributed by atoms with E-state index >= 15 is 0 Å². The van der Waals surface area contributed by atoms with Gasteiger partial charge in [-0.2, -0.15) is 26.3 Å². The summed E-state index contributed by atoms with van der Waals surface area (Å²) >= 11 is 0. The number of carbonyl (C=O) groups is 1. The molecule has 0 radical (unpaired) electrons. The molecule has 0 N–H and O–H groups in total. The molecule has 1 fully saturated rings. The normalized spacial score (nSPS) is 19.3. The van der Waals surface area contributed by atoms with Gasteiger partial charge in [0.1, 0.15) is 0 Å². The van der Waals surface area contributed by atoms with Gasteiger partial charge in [-0.15, -0.1) is 0 Å². The van der Waals surface area contributed by atoms with Gasteiger partial charge in [-0.1, -0.05) is 48.5 Å². The van der Waals surface area contributed by atoms with Gasteiger partial charge in [0.15, 0.2) is 0 Å². The molecule has 160 valence electrons. The summed E-state index contributed by atoms with van der Waals surface area (Å²) in [4.78, 5) is 14.4. The fourth-order valence-electron chi connectivity index (χ4n) is 3.84. The largest absolute Gasteiger partial charge is 0.416 e. The molecule has 31 heavy (non-hydrogen) atoms. The van der Waals surface area contributed by atoms with Gasteiger partial charge in [0.2, 0.25) is 5.91 Å². The molecule has 1 heterocycles. The van der Waals surface area contributed by atoms with Crippen molar-refractivity contribution in [3.63, 3.8) is 0 Å². The van der Waals surface area contributed by atoms with Crippen LogP contribution in [0.25, 0.3) is 0 Å². The van der Waals surface area contributed by atoms with E-state index in [1.54, 1.807) is 60.7 Å². The fourth-order valence-corrected chi connectivity index (χ4v) is 3.84. The minimum Gasteiger partial charge on any atom is -0.303 e. The van der Waals surface area contributed by atoms with E-state index in [0.717, 1.165) is 0 Å². The number of amides is 1. The Hall–Kier alpha value is -3.29. The SMILES string of the molecule is O=C1[C@H](c2cc(C(F)(F)F)cc(C(F)(F)F)c2)[C@@H](c2ccccc2)N1c1ccccc1. The minimum absolute atomic E-state index is 0.0686. The number of rotatable bonds is 3. The number of hydrogen-bond donors (Lipinski definition) is 0. The number of carbonyl (C=O) groups excluding carboxylic acids is 1. The molecule has 0 bridgehead atoms. The van der Waals surface area contributed by atoms with E-state index in [0.29, 0.717) is 23.4 Å². The summed E-state index contributed by atoms with van der Waals surface area (Å²) in [7, 11) is 0. The van der Waals surface area contributed by atoms with Gasteiger partial charge in [0.25, 0.3) is 0 Å². The molecule has 1 saturated heterocycles. The molecule has 2 nitrogen and oxygen atoms in total. The van der Waals surface area contributed by atoms with E-state index in [1.807, 2.05) is 0 Å². The minimum atomic E-state index is -4.98. The zero-order valence-electron chi connectivity index (χ0n) is 15.8. The van der Waals surface area contributed by atoms with Crippen LogP contribution in [0.4, 0.5) is 32.0 Å². The molecular weight excluding hydrogens is 420 g/mol. The van der Waals surface area contributed by atoms with Crippen LogP contribution in [0.15, 0.2) is 78.9 Å². The van der Waals surface area contributed by atoms with Crippen molar-refractivity contribution in [1.82, 2.24) is 0 Å². The maximum absolute atomic E-state index is 13.3. The lowest BCUT2D eigenvalue weighted by atomic mass is 9.76. The Balaban J connectivity index is 1.85. The second kappa shape index (κ2) is 7.44. The van der Waals surface area contributed by atoms with Crippen LogP contribution in [-0.2, 0) is 17.1 Å². The van der Waals surface area contributed by atoms with Crippen LogP contribution in [-0.4, -0.2) is 5.91 Å². The maximum atomic E-state index is 13.3. The molecule has 1 aliphatic heterocycles. The van der Waals surface area contributed by atoms with Gasteiger partial charge in [-0.05, 0) is 41.5 Å². The number of benzene rings is 3. The number of hydrogen-bond acceptors (Lipinski definition) is 1. The average molecular weight is 435 g/mol. The highest BCUT2D eigenvalue weighted by Crippen LogP contribution is 2.50. The third-order valence-electron chi connectivity index (χ3n) is 5.24. The average Bonchev–Trinajstić information content (AvgIpc) is 2.72. The summed E-state index contributed by atoms with van der Waals surface area (Å²) in [6, 6.07) is 17.6. The Morgan fingerprint density at radius 2 is 1.13 bits per heavy atom. The summed E-state index contributed by atoms with van der Waals surface area (Å²) in [5.41, 5.74) is -2.05. The van der Waals surface area contributed by atoms with Crippen molar-refractivity contribution < 1.29 is 31.1 Å². The van der Waals surface area contributed by atoms with E-state index in [4.69, 9.17) is 0 Å². The molecule has 0 saturated carbocycles. The highest BCUT2D eigenvalue weighted by Gasteiger charge is 2.50. The van der Waals surface area contributed by atoms with E-state index in [2.05, 4.69) is 0 Å². The van der Waals surface area contributed by atoms with E-state index in [9.17, 15) is 31.1 Å². The lowest BCUT2D eigenvalue weighted by Crippen LogP contribution is -2.53. The van der Waals surface area contributed by atoms with Crippen LogP contribution in [0, 0.1) is 0 Å². The van der Waals surface area contributed by atoms with Crippen molar-refractivity contribution in [2.75, 3.05) is 4.90 Å². The van der Waals surface area contributed by atoms with Gasteiger partial charge >= 0.3 is 12.4 Å². The molecule has 3 aromatic rings. The van der Waals surface area contributed by atoms with Crippen molar-refractivity contribution in [2.24, 2.45) is 0 Å². The number of nitrogens with zero attached hydrogens (tertiary/aromatic N) is 1. The first-order valence-corrected chi connectivity index (χ1v) is 9.30. The second-order valence-corrected chi connectivity index (χ2v) is 7.22. The molecule has 0 aliphatic carbocycles. The van der Waals surface area contributed by atoms with Gasteiger partial charge in [0, 0.05) is 5.69 Å². The summed E-state index contributed by atoms with van der Waals surface area (Å²) in [5, 5.41) is 0. The molecule has 3 aromatic carbocycles. The molecule has 4 rings (SSSR count). The summed E-state index contributed by atoms with van der Waals surface area (Å²) in [6.07, 6.45) is -9.96. The number of para-hydroxylation sites is 1. The molecule has 1 aliphatic rings. The van der Waals surface area contributed by atoms with Crippen molar-refractivity contribution >= 4 is 11.6 Å². The monoisotopic (exact) mass is 435 g/mol. The van der Waals surface area contributed by atoms with E-state index < -0.39 is 41.3 Å². The highest BCUT2D eigenvalue weighted by atomic mass is 19.4. The van der Waals surface area contributed by atoms with E-state index in [1.165, 1.54) is 4.90 Å². The summed E-state index contributed by atoms with van der Waals surface area (Å²) in [6.45, 7) is 0. The Kier molecular flexibility index (Phi) is 5.03. The first kappa shape index (κ1) is 21.0. The first-order valence-electron chi connectivity index (χ1n) is 9.30. The fraction of sp³-hybridized carbons (Fsp3) is 0.174. The topological polar surface area (TPSA) is 20.3 Å². The van der Waals surface area contributed by atoms with Gasteiger partial charge in [0.05, 0.1) is 23.1 Å². The molecule has 0 unspecified atom stereocenters. The first-order chi connectivity index (χ1) is 14.6. The van der Waals surface area contributed by atoms with Crippen molar-refractivity contribution in [3.05, 3.63) is 101 Å². The van der Waals surface area contributed by atoms with Crippen molar-refractivity contribution in [2.45, 2.75) is 24.3 Å². The Bertz CT molecular complexity index is 1060. The molecule has 0 aromatic heterocycles. The zero-order chi connectivity index (χ0) is 22.4. The zero-order valence-corrected chi connectivity index (χ0v) is 15.8.